The zero-order chi connectivity index (χ0) is 20.5. The molecular weight excluding hydrogens is 406 g/mol. The number of thioether (sulfide) groups is 1. The molecule has 0 saturated heterocycles. The highest BCUT2D eigenvalue weighted by Crippen LogP contribution is 2.33. The van der Waals surface area contributed by atoms with Crippen LogP contribution in [0.3, 0.4) is 0 Å². The third kappa shape index (κ3) is 3.99. The molecule has 0 aliphatic rings. The molecule has 0 amide bonds. The number of hydrogen-bond donors (Lipinski definition) is 2. The van der Waals surface area contributed by atoms with Crippen LogP contribution in [-0.4, -0.2) is 31.1 Å². The molecule has 0 aliphatic carbocycles. The van der Waals surface area contributed by atoms with Gasteiger partial charge >= 0.3 is 0 Å². The standard InChI is InChI=1S/C22H18ClN3O2S/c1-12(27)13(2)29-22-24-18-11-17(23)20(25-21(18)26-22)15-9-7-14(8-10-15)16-5-3-4-6-19(16)28/h3-11,13,28H,1-2H3,(H,24,25,26). The minimum absolute atomic E-state index is 0.0895. The molecule has 2 aromatic carbocycles. The van der Waals surface area contributed by atoms with Crippen molar-refractivity contribution in [2.45, 2.75) is 24.3 Å². The van der Waals surface area contributed by atoms with E-state index in [1.54, 1.807) is 25.1 Å². The number of phenolic OH excluding ortho intramolecular Hbond substituents is 1. The lowest BCUT2D eigenvalue weighted by Crippen LogP contribution is -2.07. The fourth-order valence-electron chi connectivity index (χ4n) is 2.93. The monoisotopic (exact) mass is 423 g/mol. The van der Waals surface area contributed by atoms with Gasteiger partial charge in [0, 0.05) is 11.1 Å². The summed E-state index contributed by atoms with van der Waals surface area (Å²) >= 11 is 7.84. The molecule has 4 rings (SSSR count). The second-order valence-corrected chi connectivity index (χ2v) is 8.43. The summed E-state index contributed by atoms with van der Waals surface area (Å²) in [4.78, 5) is 23.8. The highest BCUT2D eigenvalue weighted by atomic mass is 35.5. The molecule has 2 aromatic heterocycles. The van der Waals surface area contributed by atoms with Crippen LogP contribution in [-0.2, 0) is 4.79 Å². The molecule has 2 heterocycles. The number of fused-ring (bicyclic) bond motifs is 1. The quantitative estimate of drug-likeness (QED) is 0.401. The Hall–Kier alpha value is -2.83. The van der Waals surface area contributed by atoms with Crippen molar-refractivity contribution in [1.29, 1.82) is 0 Å². The smallest absolute Gasteiger partial charge is 0.179 e. The second kappa shape index (κ2) is 7.89. The minimum atomic E-state index is -0.188. The molecule has 0 fully saturated rings. The van der Waals surface area contributed by atoms with Gasteiger partial charge in [-0.15, -0.1) is 0 Å². The topological polar surface area (TPSA) is 78.9 Å². The van der Waals surface area contributed by atoms with Crippen molar-refractivity contribution in [3.63, 3.8) is 0 Å². The number of pyridine rings is 1. The van der Waals surface area contributed by atoms with E-state index < -0.39 is 0 Å². The van der Waals surface area contributed by atoms with Crippen molar-refractivity contribution in [1.82, 2.24) is 15.0 Å². The Kier molecular flexibility index (Phi) is 5.30. The number of halogens is 1. The first-order valence-corrected chi connectivity index (χ1v) is 10.3. The Morgan fingerprint density at radius 2 is 1.79 bits per heavy atom. The molecule has 5 nitrogen and oxygen atoms in total. The summed E-state index contributed by atoms with van der Waals surface area (Å²) in [5.41, 5.74) is 4.43. The van der Waals surface area contributed by atoms with Crippen LogP contribution in [0.4, 0.5) is 0 Å². The summed E-state index contributed by atoms with van der Waals surface area (Å²) in [5, 5.41) is 11.0. The number of aromatic hydroxyl groups is 1. The molecule has 0 aliphatic heterocycles. The zero-order valence-electron chi connectivity index (χ0n) is 15.8. The number of benzene rings is 2. The van der Waals surface area contributed by atoms with Crippen LogP contribution in [0.1, 0.15) is 13.8 Å². The number of rotatable bonds is 5. The van der Waals surface area contributed by atoms with Gasteiger partial charge in [-0.05, 0) is 31.5 Å². The summed E-state index contributed by atoms with van der Waals surface area (Å²) < 4.78 is 0. The number of imidazole rings is 1. The van der Waals surface area contributed by atoms with Gasteiger partial charge in [0.25, 0.3) is 0 Å². The van der Waals surface area contributed by atoms with Crippen LogP contribution >= 0.6 is 23.4 Å². The number of aromatic nitrogens is 3. The molecule has 1 atom stereocenters. The third-order valence-corrected chi connectivity index (χ3v) is 6.03. The van der Waals surface area contributed by atoms with Gasteiger partial charge in [0.1, 0.15) is 11.5 Å². The first-order chi connectivity index (χ1) is 13.9. The van der Waals surface area contributed by atoms with Gasteiger partial charge in [-0.2, -0.15) is 0 Å². The van der Waals surface area contributed by atoms with Crippen molar-refractivity contribution in [3.05, 3.63) is 59.6 Å². The first-order valence-electron chi connectivity index (χ1n) is 9.04. The first kappa shape index (κ1) is 19.5. The van der Waals surface area contributed by atoms with Crippen LogP contribution in [0, 0.1) is 0 Å². The molecule has 7 heteroatoms. The Bertz CT molecular complexity index is 1200. The van der Waals surface area contributed by atoms with Crippen molar-refractivity contribution >= 4 is 40.3 Å². The number of phenols is 1. The number of carbonyl (C=O) groups is 1. The molecule has 0 radical (unpaired) electrons. The summed E-state index contributed by atoms with van der Waals surface area (Å²) in [5.74, 6) is 0.325. The van der Waals surface area contributed by atoms with Crippen molar-refractivity contribution in [2.24, 2.45) is 0 Å². The van der Waals surface area contributed by atoms with E-state index >= 15 is 0 Å². The number of aromatic amines is 1. The lowest BCUT2D eigenvalue weighted by Gasteiger charge is -2.07. The number of nitrogens with zero attached hydrogens (tertiary/aromatic N) is 2. The average Bonchev–Trinajstić information content (AvgIpc) is 3.09. The normalized spacial score (nSPS) is 12.2. The Labute approximate surface area is 177 Å². The van der Waals surface area contributed by atoms with E-state index in [-0.39, 0.29) is 16.8 Å². The second-order valence-electron chi connectivity index (χ2n) is 6.70. The molecule has 0 bridgehead atoms. The summed E-state index contributed by atoms with van der Waals surface area (Å²) in [7, 11) is 0. The maximum absolute atomic E-state index is 11.5. The fraction of sp³-hybridized carbons (Fsp3) is 0.136. The van der Waals surface area contributed by atoms with Crippen LogP contribution in [0.15, 0.2) is 59.8 Å². The molecular formula is C22H18ClN3O2S. The Balaban J connectivity index is 1.67. The van der Waals surface area contributed by atoms with Crippen molar-refractivity contribution < 1.29 is 9.90 Å². The molecule has 0 saturated carbocycles. The Morgan fingerprint density at radius 1 is 1.10 bits per heavy atom. The van der Waals surface area contributed by atoms with Crippen LogP contribution in [0.5, 0.6) is 5.75 Å². The third-order valence-electron chi connectivity index (χ3n) is 4.64. The van der Waals surface area contributed by atoms with E-state index in [0.717, 1.165) is 22.2 Å². The fourth-order valence-corrected chi connectivity index (χ4v) is 4.00. The molecule has 1 unspecified atom stereocenters. The molecule has 2 N–H and O–H groups in total. The van der Waals surface area contributed by atoms with Gasteiger partial charge in [0.2, 0.25) is 0 Å². The number of carbonyl (C=O) groups excluding carboxylic acids is 1. The van der Waals surface area contributed by atoms with E-state index in [4.69, 9.17) is 11.6 Å². The SMILES string of the molecule is CC(=O)C(C)Sc1nc2nc(-c3ccc(-c4ccccc4O)cc3)c(Cl)cc2[nH]1. The van der Waals surface area contributed by atoms with E-state index in [9.17, 15) is 9.90 Å². The van der Waals surface area contributed by atoms with E-state index in [2.05, 4.69) is 15.0 Å². The minimum Gasteiger partial charge on any atom is -0.507 e. The van der Waals surface area contributed by atoms with Crippen molar-refractivity contribution in [3.8, 4) is 28.1 Å². The number of H-pyrrole nitrogens is 1. The number of para-hydroxylation sites is 1. The van der Waals surface area contributed by atoms with Crippen molar-refractivity contribution in [2.75, 3.05) is 0 Å². The summed E-state index contributed by atoms with van der Waals surface area (Å²) in [6.45, 7) is 3.41. The summed E-state index contributed by atoms with van der Waals surface area (Å²) in [6, 6.07) is 16.7. The zero-order valence-corrected chi connectivity index (χ0v) is 17.4. The maximum atomic E-state index is 11.5. The molecule has 4 aromatic rings. The largest absolute Gasteiger partial charge is 0.507 e. The Morgan fingerprint density at radius 3 is 2.48 bits per heavy atom. The average molecular weight is 424 g/mol. The highest BCUT2D eigenvalue weighted by molar-refractivity contribution is 8.00. The van der Waals surface area contributed by atoms with E-state index in [1.807, 2.05) is 43.3 Å². The number of Topliss-reactive ketones (excluding diaryl/α,β-unsaturated/α-hetero) is 1. The highest BCUT2D eigenvalue weighted by Gasteiger charge is 2.15. The van der Waals surface area contributed by atoms with E-state index in [1.165, 1.54) is 11.8 Å². The molecule has 29 heavy (non-hydrogen) atoms. The van der Waals surface area contributed by atoms with Crippen LogP contribution in [0.25, 0.3) is 33.5 Å². The molecule has 0 spiro atoms. The van der Waals surface area contributed by atoms with Gasteiger partial charge in [0.05, 0.1) is 21.5 Å². The van der Waals surface area contributed by atoms with Gasteiger partial charge in [-0.1, -0.05) is 65.8 Å². The predicted octanol–water partition coefficient (Wildman–Crippen LogP) is 5.72. The number of ketones is 1. The number of hydrogen-bond acceptors (Lipinski definition) is 5. The van der Waals surface area contributed by atoms with Gasteiger partial charge < -0.3 is 10.1 Å². The lowest BCUT2D eigenvalue weighted by molar-refractivity contribution is -0.116. The van der Waals surface area contributed by atoms with E-state index in [0.29, 0.717) is 21.5 Å². The van der Waals surface area contributed by atoms with Gasteiger partial charge in [-0.25, -0.2) is 9.97 Å². The van der Waals surface area contributed by atoms with Gasteiger partial charge in [0.15, 0.2) is 10.8 Å². The molecule has 146 valence electrons. The lowest BCUT2D eigenvalue weighted by atomic mass is 10.0. The maximum Gasteiger partial charge on any atom is 0.179 e. The summed E-state index contributed by atoms with van der Waals surface area (Å²) in [6.07, 6.45) is 0. The number of nitrogens with one attached hydrogen (secondary N) is 1. The van der Waals surface area contributed by atoms with Crippen LogP contribution in [0.2, 0.25) is 5.02 Å². The predicted molar refractivity (Wildman–Crippen MR) is 117 cm³/mol. The van der Waals surface area contributed by atoms with Gasteiger partial charge in [-0.3, -0.25) is 4.79 Å². The van der Waals surface area contributed by atoms with Crippen LogP contribution < -0.4 is 0 Å².